The summed E-state index contributed by atoms with van der Waals surface area (Å²) in [5.41, 5.74) is 1.26. The van der Waals surface area contributed by atoms with Gasteiger partial charge in [-0.1, -0.05) is 84.6 Å². The van der Waals surface area contributed by atoms with Crippen molar-refractivity contribution in [2.75, 3.05) is 0 Å². The summed E-state index contributed by atoms with van der Waals surface area (Å²) in [6, 6.07) is 0. The van der Waals surface area contributed by atoms with Crippen LogP contribution in [0.3, 0.4) is 0 Å². The molecule has 0 amide bonds. The lowest BCUT2D eigenvalue weighted by atomic mass is 9.17. The van der Waals surface area contributed by atoms with Crippen molar-refractivity contribution in [1.82, 2.24) is 0 Å². The first-order valence-electron chi connectivity index (χ1n) is 12.4. The van der Waals surface area contributed by atoms with Crippen LogP contribution in [0.2, 0.25) is 17.5 Å². The molecule has 6 saturated carbocycles. The van der Waals surface area contributed by atoms with Crippen LogP contribution in [0.15, 0.2) is 12.2 Å². The summed E-state index contributed by atoms with van der Waals surface area (Å²) >= 11 is 0. The molecule has 0 heterocycles. The molecule has 6 fully saturated rings. The number of allylic oxidation sites excluding steroid dienone is 2. The molecule has 150 valence electrons. The van der Waals surface area contributed by atoms with E-state index in [4.69, 9.17) is 0 Å². The van der Waals surface area contributed by atoms with Gasteiger partial charge in [0.2, 0.25) is 0 Å². The van der Waals surface area contributed by atoms with E-state index in [0.717, 1.165) is 59.7 Å². The normalized spacial score (nSPS) is 51.9. The minimum absolute atomic E-state index is 0.630. The van der Waals surface area contributed by atoms with Crippen LogP contribution < -0.4 is 0 Å². The smallest absolute Gasteiger partial charge is 0.0926 e. The predicted octanol–water partition coefficient (Wildman–Crippen LogP) is 7.74. The molecular formula is C26H43B. The fraction of sp³-hybridized carbons (Fsp3) is 0.923. The van der Waals surface area contributed by atoms with Gasteiger partial charge in [-0.25, -0.2) is 0 Å². The zero-order valence-corrected chi connectivity index (χ0v) is 18.9. The monoisotopic (exact) mass is 366 g/mol. The van der Waals surface area contributed by atoms with Gasteiger partial charge in [0.05, 0.1) is 0 Å². The molecule has 0 N–H and O–H groups in total. The number of hydrogen-bond acceptors (Lipinski definition) is 0. The van der Waals surface area contributed by atoms with Gasteiger partial charge < -0.3 is 0 Å². The summed E-state index contributed by atoms with van der Waals surface area (Å²) in [5, 5.41) is 0. The summed E-state index contributed by atoms with van der Waals surface area (Å²) in [5.74, 6) is 8.83. The van der Waals surface area contributed by atoms with Crippen LogP contribution in [-0.2, 0) is 0 Å². The van der Waals surface area contributed by atoms with Crippen LogP contribution in [0.4, 0.5) is 0 Å². The van der Waals surface area contributed by atoms with Gasteiger partial charge in [0.15, 0.2) is 6.71 Å². The average Bonchev–Trinajstić information content (AvgIpc) is 2.64. The lowest BCUT2D eigenvalue weighted by Gasteiger charge is -2.67. The molecule has 1 heteroatoms. The van der Waals surface area contributed by atoms with Crippen LogP contribution in [0.1, 0.15) is 86.5 Å². The largest absolute Gasteiger partial charge is 0.154 e. The third kappa shape index (κ3) is 2.54. The van der Waals surface area contributed by atoms with Crippen LogP contribution in [-0.4, -0.2) is 6.71 Å². The number of rotatable bonds is 3. The molecular weight excluding hydrogens is 323 g/mol. The summed E-state index contributed by atoms with van der Waals surface area (Å²) in [7, 11) is 0. The van der Waals surface area contributed by atoms with E-state index >= 15 is 0 Å². The Labute approximate surface area is 169 Å². The van der Waals surface area contributed by atoms with Gasteiger partial charge in [-0.2, -0.15) is 0 Å². The molecule has 7 aliphatic rings. The van der Waals surface area contributed by atoms with Crippen molar-refractivity contribution in [3.8, 4) is 0 Å². The second kappa shape index (κ2) is 6.15. The topological polar surface area (TPSA) is 0 Å². The fourth-order valence-electron chi connectivity index (χ4n) is 9.51. The maximum atomic E-state index is 2.68. The summed E-state index contributed by atoms with van der Waals surface area (Å²) in [6.45, 7) is 16.6. The standard InChI is InChI=1S/C26H43B/c1-16-21-12-18(25(21,3)4)14-23(16)27(20-10-8-7-9-11-20)24-15-19-13-22(17(24)2)26(19,5)6/h8,10,16-24H,7,9,11-15H2,1-6H3/t16-,17-,18+,19+,20-,21-,22-,23-,24-/m1/s1. The van der Waals surface area contributed by atoms with Gasteiger partial charge in [-0.15, -0.1) is 0 Å². The molecule has 7 aliphatic carbocycles. The molecule has 0 aromatic rings. The van der Waals surface area contributed by atoms with Crippen LogP contribution in [0, 0.1) is 46.3 Å². The Hall–Kier alpha value is -0.195. The molecule has 0 spiro atoms. The Bertz CT molecular complexity index is 574. The van der Waals surface area contributed by atoms with E-state index in [1.54, 1.807) is 12.8 Å². The Balaban J connectivity index is 1.44. The van der Waals surface area contributed by atoms with Crippen molar-refractivity contribution in [2.24, 2.45) is 46.3 Å². The summed E-state index contributed by atoms with van der Waals surface area (Å²) < 4.78 is 0. The molecule has 0 radical (unpaired) electrons. The van der Waals surface area contributed by atoms with Crippen LogP contribution >= 0.6 is 0 Å². The molecule has 0 nitrogen and oxygen atoms in total. The van der Waals surface area contributed by atoms with Crippen molar-refractivity contribution in [1.29, 1.82) is 0 Å². The summed E-state index contributed by atoms with van der Waals surface area (Å²) in [4.78, 5) is 0. The Morgan fingerprint density at radius 1 is 0.778 bits per heavy atom. The predicted molar refractivity (Wildman–Crippen MR) is 118 cm³/mol. The highest BCUT2D eigenvalue weighted by molar-refractivity contribution is 6.64. The Kier molecular flexibility index (Phi) is 4.29. The molecule has 9 atom stereocenters. The number of hydrogen-bond donors (Lipinski definition) is 0. The van der Waals surface area contributed by atoms with Crippen molar-refractivity contribution in [2.45, 2.75) is 104 Å². The Morgan fingerprint density at radius 3 is 1.67 bits per heavy atom. The van der Waals surface area contributed by atoms with Gasteiger partial charge in [0.25, 0.3) is 0 Å². The van der Waals surface area contributed by atoms with Crippen molar-refractivity contribution in [3.63, 3.8) is 0 Å². The van der Waals surface area contributed by atoms with E-state index in [2.05, 4.69) is 53.7 Å². The lowest BCUT2D eigenvalue weighted by Crippen LogP contribution is -2.60. The average molecular weight is 366 g/mol. The van der Waals surface area contributed by atoms with E-state index in [-0.39, 0.29) is 0 Å². The fourth-order valence-corrected chi connectivity index (χ4v) is 9.51. The van der Waals surface area contributed by atoms with Gasteiger partial charge in [0.1, 0.15) is 0 Å². The van der Waals surface area contributed by atoms with Crippen LogP contribution in [0.5, 0.6) is 0 Å². The second-order valence-electron chi connectivity index (χ2n) is 12.8. The highest BCUT2D eigenvalue weighted by Crippen LogP contribution is 2.70. The molecule has 7 rings (SSSR count). The van der Waals surface area contributed by atoms with Gasteiger partial charge >= 0.3 is 0 Å². The van der Waals surface area contributed by atoms with E-state index in [1.165, 1.54) is 32.1 Å². The molecule has 0 aliphatic heterocycles. The minimum Gasteiger partial charge on any atom is -0.0926 e. The molecule has 0 aromatic heterocycles. The highest BCUT2D eigenvalue weighted by atomic mass is 14.6. The minimum atomic E-state index is 0.630. The third-order valence-corrected chi connectivity index (χ3v) is 11.6. The maximum absolute atomic E-state index is 2.68. The highest BCUT2D eigenvalue weighted by Gasteiger charge is 2.63. The molecule has 0 saturated heterocycles. The van der Waals surface area contributed by atoms with E-state index in [1.807, 2.05) is 0 Å². The van der Waals surface area contributed by atoms with E-state index < -0.39 is 0 Å². The molecule has 0 unspecified atom stereocenters. The molecule has 4 bridgehead atoms. The van der Waals surface area contributed by atoms with Gasteiger partial charge in [0, 0.05) is 0 Å². The quantitative estimate of drug-likeness (QED) is 0.354. The van der Waals surface area contributed by atoms with Crippen molar-refractivity contribution in [3.05, 3.63) is 12.2 Å². The van der Waals surface area contributed by atoms with E-state index in [9.17, 15) is 0 Å². The summed E-state index contributed by atoms with van der Waals surface area (Å²) in [6.07, 6.45) is 15.6. The van der Waals surface area contributed by atoms with Crippen molar-refractivity contribution >= 4 is 6.71 Å². The molecule has 0 aromatic carbocycles. The first kappa shape index (κ1) is 18.8. The second-order valence-corrected chi connectivity index (χ2v) is 12.8. The SMILES string of the molecule is C[C@@H]1[C@H]2C[C@@H](C[C@H]1B([C@@H]1C=CCCC1)[C@@H]1C[C@@H]3C[C@H]([C@H]1C)C3(C)C)C2(C)C. The van der Waals surface area contributed by atoms with Crippen molar-refractivity contribution < 1.29 is 0 Å². The van der Waals surface area contributed by atoms with E-state index in [0.29, 0.717) is 10.8 Å². The molecule has 27 heavy (non-hydrogen) atoms. The lowest BCUT2D eigenvalue weighted by molar-refractivity contribution is -0.107. The first-order valence-corrected chi connectivity index (χ1v) is 12.4. The van der Waals surface area contributed by atoms with Gasteiger partial charge in [-0.05, 0) is 77.8 Å². The zero-order chi connectivity index (χ0) is 19.1. The van der Waals surface area contributed by atoms with Crippen LogP contribution in [0.25, 0.3) is 0 Å². The maximum Gasteiger partial charge on any atom is 0.154 e. The Morgan fingerprint density at radius 2 is 1.30 bits per heavy atom. The zero-order valence-electron chi connectivity index (χ0n) is 18.9. The van der Waals surface area contributed by atoms with Gasteiger partial charge in [-0.3, -0.25) is 0 Å². The first-order chi connectivity index (χ1) is 12.7. The third-order valence-electron chi connectivity index (χ3n) is 11.6. The number of fused-ring (bicyclic) bond motifs is 4.